The van der Waals surface area contributed by atoms with Crippen molar-refractivity contribution in [3.05, 3.63) is 81.3 Å². The van der Waals surface area contributed by atoms with Gasteiger partial charge in [-0.15, -0.1) is 12.4 Å². The van der Waals surface area contributed by atoms with Gasteiger partial charge in [0.05, 0.1) is 16.0 Å². The average molecular weight is 691 g/mol. The van der Waals surface area contributed by atoms with Crippen molar-refractivity contribution in [1.82, 2.24) is 15.5 Å². The average Bonchev–Trinajstić information content (AvgIpc) is 3.89. The third-order valence-electron chi connectivity index (χ3n) is 8.23. The Hall–Kier alpha value is -3.37. The molecule has 246 valence electrons. The number of carbonyl (C=O) groups is 2. The summed E-state index contributed by atoms with van der Waals surface area (Å²) in [5.74, 6) is 1.91. The van der Waals surface area contributed by atoms with E-state index in [0.29, 0.717) is 71.3 Å². The van der Waals surface area contributed by atoms with Crippen LogP contribution in [-0.2, 0) is 11.3 Å². The number of halogens is 3. The summed E-state index contributed by atoms with van der Waals surface area (Å²) in [5, 5.41) is 7.40. The van der Waals surface area contributed by atoms with Crippen LogP contribution in [0.25, 0.3) is 0 Å². The fourth-order valence-electron chi connectivity index (χ4n) is 5.80. The van der Waals surface area contributed by atoms with Crippen LogP contribution in [0.3, 0.4) is 0 Å². The van der Waals surface area contributed by atoms with Crippen LogP contribution in [0.15, 0.2) is 54.6 Å². The molecule has 1 saturated carbocycles. The molecule has 1 unspecified atom stereocenters. The number of para-hydroxylation sites is 1. The SMILES string of the molecule is Cc1cc(Cl)c(OCCOc2ccc(C(=O)N[C@H]3CCNCC3C(=O)N(Cc3cccc4c3OCCO4)C3CC3)cc2)c(Cl)c1.Cl. The maximum absolute atomic E-state index is 14.0. The number of benzene rings is 3. The molecule has 3 aromatic rings. The minimum absolute atomic E-state index is 0. The van der Waals surface area contributed by atoms with Gasteiger partial charge < -0.3 is 34.5 Å². The first-order chi connectivity index (χ1) is 21.9. The van der Waals surface area contributed by atoms with Gasteiger partial charge in [-0.3, -0.25) is 9.59 Å². The van der Waals surface area contributed by atoms with Crippen LogP contribution in [0.1, 0.15) is 40.7 Å². The number of hydrogen-bond acceptors (Lipinski definition) is 7. The first kappa shape index (κ1) is 34.0. The minimum atomic E-state index is -0.377. The molecule has 0 aromatic heterocycles. The van der Waals surface area contributed by atoms with Crippen LogP contribution in [-0.4, -0.2) is 68.3 Å². The molecule has 2 aliphatic heterocycles. The highest BCUT2D eigenvalue weighted by Crippen LogP contribution is 2.38. The number of nitrogens with zero attached hydrogens (tertiary/aromatic N) is 1. The van der Waals surface area contributed by atoms with Crippen molar-refractivity contribution in [2.24, 2.45) is 5.92 Å². The third kappa shape index (κ3) is 8.12. The third-order valence-corrected chi connectivity index (χ3v) is 8.79. The summed E-state index contributed by atoms with van der Waals surface area (Å²) in [5.41, 5.74) is 2.38. The molecule has 12 heteroatoms. The second-order valence-electron chi connectivity index (χ2n) is 11.6. The fraction of sp³-hybridized carbons (Fsp3) is 0.412. The number of rotatable bonds is 11. The Morgan fingerprint density at radius 2 is 1.70 bits per heavy atom. The zero-order valence-electron chi connectivity index (χ0n) is 25.6. The number of amides is 2. The predicted octanol–water partition coefficient (Wildman–Crippen LogP) is 5.85. The lowest BCUT2D eigenvalue weighted by molar-refractivity contribution is -0.138. The van der Waals surface area contributed by atoms with Crippen molar-refractivity contribution in [1.29, 1.82) is 0 Å². The van der Waals surface area contributed by atoms with E-state index < -0.39 is 0 Å². The van der Waals surface area contributed by atoms with Gasteiger partial charge in [0.25, 0.3) is 5.91 Å². The highest BCUT2D eigenvalue weighted by atomic mass is 35.5. The van der Waals surface area contributed by atoms with Gasteiger partial charge in [-0.05, 0) is 80.8 Å². The van der Waals surface area contributed by atoms with Crippen molar-refractivity contribution in [3.8, 4) is 23.0 Å². The number of aryl methyl sites for hydroxylation is 1. The molecule has 46 heavy (non-hydrogen) atoms. The van der Waals surface area contributed by atoms with Crippen LogP contribution < -0.4 is 29.6 Å². The lowest BCUT2D eigenvalue weighted by Crippen LogP contribution is -2.55. The van der Waals surface area contributed by atoms with E-state index in [1.807, 2.05) is 30.0 Å². The highest BCUT2D eigenvalue weighted by Gasteiger charge is 2.40. The molecule has 9 nitrogen and oxygen atoms in total. The minimum Gasteiger partial charge on any atom is -0.490 e. The van der Waals surface area contributed by atoms with Crippen LogP contribution in [0.5, 0.6) is 23.0 Å². The standard InChI is InChI=1S/C34H37Cl2N3O6.ClH/c1-21-17-27(35)32(28(36)18-21)45-15-13-42-25-9-5-22(6-10-25)33(40)38-29-11-12-37-19-26(29)34(41)39(24-7-8-24)20-23-3-2-4-30-31(23)44-16-14-43-30;/h2-6,9-10,17-18,24,26,29,37H,7-8,11-16,19-20H2,1H3,(H,38,40);1H/t26?,29-;/m0./s1. The molecule has 2 heterocycles. The van der Waals surface area contributed by atoms with Crippen LogP contribution in [0.4, 0.5) is 0 Å². The fourth-order valence-corrected chi connectivity index (χ4v) is 6.51. The van der Waals surface area contributed by atoms with Gasteiger partial charge in [0.15, 0.2) is 17.2 Å². The Morgan fingerprint density at radius 3 is 2.43 bits per heavy atom. The number of fused-ring (bicyclic) bond motifs is 1. The summed E-state index contributed by atoms with van der Waals surface area (Å²) in [6, 6.07) is 16.2. The Kier molecular flexibility index (Phi) is 11.4. The van der Waals surface area contributed by atoms with E-state index in [1.54, 1.807) is 36.4 Å². The van der Waals surface area contributed by atoms with Gasteiger partial charge in [0.2, 0.25) is 5.91 Å². The van der Waals surface area contributed by atoms with E-state index in [4.69, 9.17) is 42.1 Å². The molecule has 1 saturated heterocycles. The van der Waals surface area contributed by atoms with E-state index >= 15 is 0 Å². The number of carbonyl (C=O) groups excluding carboxylic acids is 2. The summed E-state index contributed by atoms with van der Waals surface area (Å²) in [7, 11) is 0. The second kappa shape index (κ2) is 15.5. The number of ether oxygens (including phenoxy) is 4. The van der Waals surface area contributed by atoms with Gasteiger partial charge in [-0.1, -0.05) is 35.3 Å². The molecule has 3 aromatic carbocycles. The Morgan fingerprint density at radius 1 is 0.978 bits per heavy atom. The molecule has 0 radical (unpaired) electrons. The molecule has 0 bridgehead atoms. The molecular weight excluding hydrogens is 653 g/mol. The normalized spacial score (nSPS) is 18.6. The molecule has 2 fully saturated rings. The summed E-state index contributed by atoms with van der Waals surface area (Å²) >= 11 is 12.5. The van der Waals surface area contributed by atoms with Crippen LogP contribution in [0.2, 0.25) is 10.0 Å². The van der Waals surface area contributed by atoms with Crippen molar-refractivity contribution in [2.45, 2.75) is 44.8 Å². The van der Waals surface area contributed by atoms with Crippen molar-refractivity contribution >= 4 is 47.4 Å². The largest absolute Gasteiger partial charge is 0.490 e. The zero-order valence-corrected chi connectivity index (χ0v) is 27.9. The quantitative estimate of drug-likeness (QED) is 0.244. The van der Waals surface area contributed by atoms with Gasteiger partial charge >= 0.3 is 0 Å². The second-order valence-corrected chi connectivity index (χ2v) is 12.4. The number of nitrogens with one attached hydrogen (secondary N) is 2. The first-order valence-corrected chi connectivity index (χ1v) is 16.1. The summed E-state index contributed by atoms with van der Waals surface area (Å²) in [6.45, 7) is 5.12. The van der Waals surface area contributed by atoms with Crippen LogP contribution >= 0.6 is 35.6 Å². The zero-order chi connectivity index (χ0) is 31.3. The molecule has 2 amide bonds. The Balaban J connectivity index is 0.00000417. The summed E-state index contributed by atoms with van der Waals surface area (Å²) < 4.78 is 23.2. The molecule has 3 aliphatic rings. The number of piperidine rings is 1. The first-order valence-electron chi connectivity index (χ1n) is 15.4. The smallest absolute Gasteiger partial charge is 0.251 e. The van der Waals surface area contributed by atoms with Gasteiger partial charge in [0, 0.05) is 36.3 Å². The molecule has 2 N–H and O–H groups in total. The van der Waals surface area contributed by atoms with E-state index in [9.17, 15) is 9.59 Å². The maximum atomic E-state index is 14.0. The predicted molar refractivity (Wildman–Crippen MR) is 179 cm³/mol. The molecule has 0 spiro atoms. The van der Waals surface area contributed by atoms with Gasteiger partial charge in [-0.2, -0.15) is 0 Å². The summed E-state index contributed by atoms with van der Waals surface area (Å²) in [4.78, 5) is 29.3. The van der Waals surface area contributed by atoms with E-state index in [2.05, 4.69) is 10.6 Å². The van der Waals surface area contributed by atoms with E-state index in [1.165, 1.54) is 0 Å². The molecule has 6 rings (SSSR count). The van der Waals surface area contributed by atoms with Gasteiger partial charge in [-0.25, -0.2) is 0 Å². The molecule has 1 aliphatic carbocycles. The summed E-state index contributed by atoms with van der Waals surface area (Å²) in [6.07, 6.45) is 2.61. The highest BCUT2D eigenvalue weighted by molar-refractivity contribution is 6.37. The molecule has 2 atom stereocenters. The Bertz CT molecular complexity index is 1510. The number of hydrogen-bond donors (Lipinski definition) is 2. The van der Waals surface area contributed by atoms with E-state index in [-0.39, 0.29) is 55.4 Å². The van der Waals surface area contributed by atoms with Gasteiger partial charge in [0.1, 0.15) is 32.2 Å². The Labute approximate surface area is 285 Å². The van der Waals surface area contributed by atoms with E-state index in [0.717, 1.165) is 30.5 Å². The lowest BCUT2D eigenvalue weighted by atomic mass is 9.91. The molecular formula is C34H38Cl3N3O6. The lowest BCUT2D eigenvalue weighted by Gasteiger charge is -2.36. The van der Waals surface area contributed by atoms with Crippen molar-refractivity contribution in [2.75, 3.05) is 39.5 Å². The van der Waals surface area contributed by atoms with Crippen LogP contribution in [0, 0.1) is 12.8 Å². The van der Waals surface area contributed by atoms with Crippen molar-refractivity contribution in [3.63, 3.8) is 0 Å². The topological polar surface area (TPSA) is 98.4 Å². The monoisotopic (exact) mass is 689 g/mol. The van der Waals surface area contributed by atoms with Crippen molar-refractivity contribution < 1.29 is 28.5 Å². The maximum Gasteiger partial charge on any atom is 0.251 e.